The molecule has 0 saturated carbocycles. The quantitative estimate of drug-likeness (QED) is 0.160. The van der Waals surface area contributed by atoms with Crippen LogP contribution in [0.15, 0.2) is 241 Å². The number of hydrogen-bond acceptors (Lipinski definition) is 2. The van der Waals surface area contributed by atoms with Gasteiger partial charge in [-0.15, -0.1) is 0 Å². The Morgan fingerprint density at radius 1 is 0.344 bits per heavy atom. The lowest BCUT2D eigenvalue weighted by Crippen LogP contribution is -2.28. The predicted octanol–water partition coefficient (Wildman–Crippen LogP) is 15.9. The molecule has 1 aliphatic carbocycles. The van der Waals surface area contributed by atoms with Crippen LogP contribution in [0, 0.1) is 0 Å². The van der Waals surface area contributed by atoms with Gasteiger partial charge in [-0.3, -0.25) is 0 Å². The van der Waals surface area contributed by atoms with Crippen LogP contribution in [0.25, 0.3) is 66.1 Å². The Morgan fingerprint density at radius 2 is 0.951 bits per heavy atom. The van der Waals surface area contributed by atoms with Crippen molar-refractivity contribution in [2.24, 2.45) is 0 Å². The molecule has 1 aromatic heterocycles. The molecule has 0 N–H and O–H groups in total. The Kier molecular flexibility index (Phi) is 8.11. The number of furan rings is 1. The highest BCUT2D eigenvalue weighted by Gasteiger charge is 2.47. The molecular formula is C59H39NO. The lowest BCUT2D eigenvalue weighted by atomic mass is 9.68. The molecule has 1 heterocycles. The molecule has 12 rings (SSSR count). The second-order valence-corrected chi connectivity index (χ2v) is 16.0. The fourth-order valence-electron chi connectivity index (χ4n) is 10.1. The Balaban J connectivity index is 1.21. The number of para-hydroxylation sites is 1. The molecule has 0 radical (unpaired) electrons. The topological polar surface area (TPSA) is 16.4 Å². The van der Waals surface area contributed by atoms with Crippen LogP contribution in [-0.2, 0) is 5.41 Å². The summed E-state index contributed by atoms with van der Waals surface area (Å²) >= 11 is 0. The molecule has 0 bridgehead atoms. The molecule has 2 heteroatoms. The maximum atomic E-state index is 6.44. The van der Waals surface area contributed by atoms with Gasteiger partial charge in [0.05, 0.1) is 16.8 Å². The summed E-state index contributed by atoms with van der Waals surface area (Å²) in [5.74, 6) is 0. The number of rotatable bonds is 7. The number of benzene rings is 10. The smallest absolute Gasteiger partial charge is 0.135 e. The summed E-state index contributed by atoms with van der Waals surface area (Å²) in [4.78, 5) is 2.51. The Morgan fingerprint density at radius 3 is 1.75 bits per heavy atom. The average Bonchev–Trinajstić information content (AvgIpc) is 3.86. The van der Waals surface area contributed by atoms with Crippen LogP contribution in [0.5, 0.6) is 0 Å². The van der Waals surface area contributed by atoms with E-state index in [1.54, 1.807) is 0 Å². The van der Waals surface area contributed by atoms with Gasteiger partial charge in [0.25, 0.3) is 0 Å². The second-order valence-electron chi connectivity index (χ2n) is 16.0. The Labute approximate surface area is 355 Å². The van der Waals surface area contributed by atoms with Crippen molar-refractivity contribution in [3.05, 3.63) is 259 Å². The molecule has 0 saturated heterocycles. The molecule has 10 aromatic carbocycles. The third kappa shape index (κ3) is 5.43. The number of fused-ring (bicyclic) bond motifs is 7. The van der Waals surface area contributed by atoms with E-state index in [1.165, 1.54) is 49.7 Å². The number of nitrogens with zero attached hydrogens (tertiary/aromatic N) is 1. The fourth-order valence-corrected chi connectivity index (χ4v) is 10.1. The Bertz CT molecular complexity index is 3380. The van der Waals surface area contributed by atoms with Crippen LogP contribution in [-0.4, -0.2) is 0 Å². The van der Waals surface area contributed by atoms with Crippen molar-refractivity contribution in [1.29, 1.82) is 0 Å². The standard InChI is InChI=1S/C59H39NO/c1-4-18-41(19-5-1)48-36-34-42(47-29-16-21-40-20-10-11-26-46(40)47)38-55(48)60(45-35-37-57-51(39-45)49-27-13-15-33-56(49)61-57)54-32-17-31-53-58(54)50-28-12-14-30-52(50)59(53,43-22-6-2-7-23-43)44-24-8-3-9-25-44/h1-39H. The molecule has 0 spiro atoms. The SMILES string of the molecule is c1ccc(-c2ccc(-c3cccc4ccccc34)cc2N(c2ccc3oc4ccccc4c3c2)c2cccc3c2-c2ccccc2C3(c2ccccc2)c2ccccc2)cc1. The molecule has 0 aliphatic heterocycles. The molecule has 61 heavy (non-hydrogen) atoms. The normalized spacial score (nSPS) is 12.7. The van der Waals surface area contributed by atoms with E-state index in [1.807, 2.05) is 6.07 Å². The van der Waals surface area contributed by atoms with Crippen molar-refractivity contribution in [1.82, 2.24) is 0 Å². The van der Waals surface area contributed by atoms with Gasteiger partial charge in [0.15, 0.2) is 0 Å². The van der Waals surface area contributed by atoms with Gasteiger partial charge in [0, 0.05) is 27.6 Å². The predicted molar refractivity (Wildman–Crippen MR) is 254 cm³/mol. The summed E-state index contributed by atoms with van der Waals surface area (Å²) in [6.45, 7) is 0. The van der Waals surface area contributed by atoms with Crippen molar-refractivity contribution >= 4 is 49.8 Å². The highest BCUT2D eigenvalue weighted by atomic mass is 16.3. The zero-order valence-electron chi connectivity index (χ0n) is 33.4. The molecule has 0 unspecified atom stereocenters. The minimum absolute atomic E-state index is 0.548. The van der Waals surface area contributed by atoms with Crippen LogP contribution in [0.1, 0.15) is 22.3 Å². The van der Waals surface area contributed by atoms with Crippen molar-refractivity contribution in [3.63, 3.8) is 0 Å². The highest BCUT2D eigenvalue weighted by Crippen LogP contribution is 2.60. The zero-order chi connectivity index (χ0) is 40.3. The van der Waals surface area contributed by atoms with Gasteiger partial charge in [-0.2, -0.15) is 0 Å². The largest absolute Gasteiger partial charge is 0.456 e. The molecule has 2 nitrogen and oxygen atoms in total. The van der Waals surface area contributed by atoms with Gasteiger partial charge >= 0.3 is 0 Å². The van der Waals surface area contributed by atoms with Crippen molar-refractivity contribution in [2.45, 2.75) is 5.41 Å². The first-order chi connectivity index (χ1) is 30.3. The van der Waals surface area contributed by atoms with Gasteiger partial charge in [-0.25, -0.2) is 0 Å². The second kappa shape index (κ2) is 14.1. The van der Waals surface area contributed by atoms with E-state index < -0.39 is 5.41 Å². The molecule has 0 fully saturated rings. The van der Waals surface area contributed by atoms with Crippen LogP contribution >= 0.6 is 0 Å². The van der Waals surface area contributed by atoms with E-state index in [4.69, 9.17) is 4.42 Å². The third-order valence-corrected chi connectivity index (χ3v) is 12.7. The van der Waals surface area contributed by atoms with Crippen molar-refractivity contribution < 1.29 is 4.42 Å². The maximum absolute atomic E-state index is 6.44. The molecule has 1 aliphatic rings. The van der Waals surface area contributed by atoms with E-state index in [0.717, 1.165) is 55.7 Å². The van der Waals surface area contributed by atoms with E-state index in [2.05, 4.69) is 235 Å². The van der Waals surface area contributed by atoms with Gasteiger partial charge in [-0.05, 0) is 91.7 Å². The van der Waals surface area contributed by atoms with E-state index in [-0.39, 0.29) is 0 Å². The van der Waals surface area contributed by atoms with Crippen LogP contribution in [0.2, 0.25) is 0 Å². The third-order valence-electron chi connectivity index (χ3n) is 12.7. The van der Waals surface area contributed by atoms with E-state index >= 15 is 0 Å². The first-order valence-corrected chi connectivity index (χ1v) is 21.0. The first-order valence-electron chi connectivity index (χ1n) is 21.0. The van der Waals surface area contributed by atoms with E-state index in [9.17, 15) is 0 Å². The summed E-state index contributed by atoms with van der Waals surface area (Å²) in [6, 6.07) is 86.3. The molecule has 286 valence electrons. The maximum Gasteiger partial charge on any atom is 0.135 e. The number of anilines is 3. The van der Waals surface area contributed by atoms with Gasteiger partial charge in [-0.1, -0.05) is 200 Å². The van der Waals surface area contributed by atoms with Crippen LogP contribution in [0.4, 0.5) is 17.1 Å². The minimum Gasteiger partial charge on any atom is -0.456 e. The summed E-state index contributed by atoms with van der Waals surface area (Å²) in [5.41, 5.74) is 16.6. The summed E-state index contributed by atoms with van der Waals surface area (Å²) in [5, 5.41) is 4.63. The zero-order valence-corrected chi connectivity index (χ0v) is 33.4. The summed E-state index contributed by atoms with van der Waals surface area (Å²) in [6.07, 6.45) is 0. The Hall–Kier alpha value is -7.94. The van der Waals surface area contributed by atoms with Crippen molar-refractivity contribution in [2.75, 3.05) is 4.90 Å². The van der Waals surface area contributed by atoms with Gasteiger partial charge in [0.2, 0.25) is 0 Å². The fraction of sp³-hybridized carbons (Fsp3) is 0.0169. The summed E-state index contributed by atoms with van der Waals surface area (Å²) < 4.78 is 6.44. The van der Waals surface area contributed by atoms with Crippen LogP contribution in [0.3, 0.4) is 0 Å². The minimum atomic E-state index is -0.548. The molecule has 0 amide bonds. The number of hydrogen-bond donors (Lipinski definition) is 0. The van der Waals surface area contributed by atoms with Crippen molar-refractivity contribution in [3.8, 4) is 33.4 Å². The van der Waals surface area contributed by atoms with Gasteiger partial charge < -0.3 is 9.32 Å². The first kappa shape index (κ1) is 35.0. The monoisotopic (exact) mass is 777 g/mol. The molecular weight excluding hydrogens is 739 g/mol. The highest BCUT2D eigenvalue weighted by molar-refractivity contribution is 6.08. The molecule has 0 atom stereocenters. The van der Waals surface area contributed by atoms with Gasteiger partial charge in [0.1, 0.15) is 11.2 Å². The van der Waals surface area contributed by atoms with E-state index in [0.29, 0.717) is 0 Å². The lowest BCUT2D eigenvalue weighted by molar-refractivity contribution is 0.669. The summed E-state index contributed by atoms with van der Waals surface area (Å²) in [7, 11) is 0. The molecule has 11 aromatic rings. The average molecular weight is 778 g/mol. The lowest BCUT2D eigenvalue weighted by Gasteiger charge is -2.34. The van der Waals surface area contributed by atoms with Crippen LogP contribution < -0.4 is 4.90 Å².